The van der Waals surface area contributed by atoms with Crippen LogP contribution >= 0.6 is 0 Å². The number of ether oxygens (including phenoxy) is 2. The van der Waals surface area contributed by atoms with Gasteiger partial charge in [-0.25, -0.2) is 0 Å². The van der Waals surface area contributed by atoms with E-state index < -0.39 is 23.2 Å². The first-order valence-electron chi connectivity index (χ1n) is 6.70. The molecule has 2 bridgehead atoms. The van der Waals surface area contributed by atoms with Crippen molar-refractivity contribution >= 4 is 5.90 Å². The zero-order chi connectivity index (χ0) is 15.0. The van der Waals surface area contributed by atoms with E-state index in [1.165, 1.54) is 0 Å². The van der Waals surface area contributed by atoms with Gasteiger partial charge < -0.3 is 9.47 Å². The third-order valence-electron chi connectivity index (χ3n) is 4.53. The summed E-state index contributed by atoms with van der Waals surface area (Å²) < 4.78 is 11.0. The van der Waals surface area contributed by atoms with Crippen LogP contribution in [-0.2, 0) is 9.47 Å². The van der Waals surface area contributed by atoms with Crippen molar-refractivity contribution in [2.24, 2.45) is 16.7 Å². The molecule has 2 saturated heterocycles. The highest BCUT2D eigenvalue weighted by molar-refractivity contribution is 5.87. The van der Waals surface area contributed by atoms with Crippen molar-refractivity contribution in [3.05, 3.63) is 0 Å². The quantitative estimate of drug-likeness (QED) is 0.844. The van der Waals surface area contributed by atoms with Crippen LogP contribution in [0.15, 0.2) is 0 Å². The molecule has 3 unspecified atom stereocenters. The second-order valence-corrected chi connectivity index (χ2v) is 5.26. The summed E-state index contributed by atoms with van der Waals surface area (Å²) in [5.74, 6) is -0.346. The van der Waals surface area contributed by atoms with E-state index in [2.05, 4.69) is 0 Å². The summed E-state index contributed by atoms with van der Waals surface area (Å²) in [4.78, 5) is 0. The summed E-state index contributed by atoms with van der Waals surface area (Å²) >= 11 is 0. The zero-order valence-corrected chi connectivity index (χ0v) is 11.5. The molecule has 20 heavy (non-hydrogen) atoms. The van der Waals surface area contributed by atoms with E-state index in [4.69, 9.17) is 14.9 Å². The molecule has 0 aromatic rings. The fourth-order valence-corrected chi connectivity index (χ4v) is 3.25. The normalized spacial score (nSPS) is 33.9. The van der Waals surface area contributed by atoms with Gasteiger partial charge in [-0.05, 0) is 5.92 Å². The Bertz CT molecular complexity index is 535. The van der Waals surface area contributed by atoms with Gasteiger partial charge >= 0.3 is 0 Å². The maximum absolute atomic E-state index is 9.63. The summed E-state index contributed by atoms with van der Waals surface area (Å²) in [6.07, 6.45) is 0.109. The summed E-state index contributed by atoms with van der Waals surface area (Å²) in [6.45, 7) is 3.91. The van der Waals surface area contributed by atoms with E-state index in [0.717, 1.165) is 12.8 Å². The standard InChI is InChI=1S/C14H16N4O2/c1-3-9(4-2)11-14(7-16,8-17)13(6-15)5-10(19-11)20-12(13)18/h9-11,18H,3-5H2,1-2H3. The molecule has 0 aromatic carbocycles. The van der Waals surface area contributed by atoms with Crippen LogP contribution < -0.4 is 0 Å². The molecule has 6 heteroatoms. The summed E-state index contributed by atoms with van der Waals surface area (Å²) in [6, 6.07) is 5.98. The molecular formula is C14H16N4O2. The summed E-state index contributed by atoms with van der Waals surface area (Å²) in [7, 11) is 0. The van der Waals surface area contributed by atoms with E-state index in [1.54, 1.807) is 0 Å². The molecule has 104 valence electrons. The summed E-state index contributed by atoms with van der Waals surface area (Å²) in [5, 5.41) is 36.7. The van der Waals surface area contributed by atoms with Crippen molar-refractivity contribution in [2.75, 3.05) is 0 Å². The van der Waals surface area contributed by atoms with Gasteiger partial charge in [-0.15, -0.1) is 0 Å². The van der Waals surface area contributed by atoms with Crippen molar-refractivity contribution in [3.8, 4) is 18.2 Å². The van der Waals surface area contributed by atoms with Gasteiger partial charge in [0, 0.05) is 6.42 Å². The molecule has 6 nitrogen and oxygen atoms in total. The van der Waals surface area contributed by atoms with Gasteiger partial charge in [0.2, 0.25) is 12.2 Å². The maximum Gasteiger partial charge on any atom is 0.207 e. The predicted octanol–water partition coefficient (Wildman–Crippen LogP) is 2.09. The SMILES string of the molecule is CCC(CC)C1OC2CC(C#N)(C(=N)O2)C1(C#N)C#N. The number of nitriles is 3. The molecule has 2 fully saturated rings. The van der Waals surface area contributed by atoms with Crippen LogP contribution in [0.4, 0.5) is 0 Å². The van der Waals surface area contributed by atoms with Gasteiger partial charge in [-0.3, -0.25) is 5.41 Å². The molecule has 2 aliphatic rings. The van der Waals surface area contributed by atoms with Crippen molar-refractivity contribution in [2.45, 2.75) is 45.5 Å². The molecule has 1 N–H and O–H groups in total. The first-order chi connectivity index (χ1) is 9.55. The lowest BCUT2D eigenvalue weighted by Gasteiger charge is -2.43. The van der Waals surface area contributed by atoms with Gasteiger partial charge in [0.05, 0.1) is 24.3 Å². The Morgan fingerprint density at radius 3 is 2.30 bits per heavy atom. The van der Waals surface area contributed by atoms with Crippen LogP contribution in [0.25, 0.3) is 0 Å². The molecule has 2 aliphatic heterocycles. The van der Waals surface area contributed by atoms with E-state index in [-0.39, 0.29) is 18.2 Å². The van der Waals surface area contributed by atoms with Gasteiger partial charge in [-0.2, -0.15) is 15.8 Å². The molecule has 0 aromatic heterocycles. The lowest BCUT2D eigenvalue weighted by Crippen LogP contribution is -2.56. The average molecular weight is 272 g/mol. The fraction of sp³-hybridized carbons (Fsp3) is 0.714. The highest BCUT2D eigenvalue weighted by Gasteiger charge is 2.71. The Kier molecular flexibility index (Phi) is 3.42. The zero-order valence-electron chi connectivity index (χ0n) is 11.5. The van der Waals surface area contributed by atoms with Crippen LogP contribution in [0.2, 0.25) is 0 Å². The smallest absolute Gasteiger partial charge is 0.207 e. The van der Waals surface area contributed by atoms with Crippen molar-refractivity contribution in [1.82, 2.24) is 0 Å². The highest BCUT2D eigenvalue weighted by Crippen LogP contribution is 2.57. The van der Waals surface area contributed by atoms with Crippen molar-refractivity contribution in [3.63, 3.8) is 0 Å². The maximum atomic E-state index is 9.63. The Morgan fingerprint density at radius 2 is 1.85 bits per heavy atom. The Hall–Kier alpha value is -2.10. The monoisotopic (exact) mass is 272 g/mol. The van der Waals surface area contributed by atoms with Crippen molar-refractivity contribution < 1.29 is 9.47 Å². The lowest BCUT2D eigenvalue weighted by atomic mass is 9.57. The lowest BCUT2D eigenvalue weighted by molar-refractivity contribution is -0.186. The number of fused-ring (bicyclic) bond motifs is 2. The van der Waals surface area contributed by atoms with E-state index >= 15 is 0 Å². The van der Waals surface area contributed by atoms with Crippen LogP contribution in [0.1, 0.15) is 33.1 Å². The van der Waals surface area contributed by atoms with Gasteiger partial charge in [-0.1, -0.05) is 26.7 Å². The second kappa shape index (κ2) is 4.78. The van der Waals surface area contributed by atoms with E-state index in [1.807, 2.05) is 32.1 Å². The number of rotatable bonds is 3. The molecule has 0 radical (unpaired) electrons. The van der Waals surface area contributed by atoms with Crippen LogP contribution in [-0.4, -0.2) is 18.3 Å². The van der Waals surface area contributed by atoms with Gasteiger partial charge in [0.25, 0.3) is 0 Å². The minimum Gasteiger partial charge on any atom is -0.450 e. The molecule has 0 aliphatic carbocycles. The summed E-state index contributed by atoms with van der Waals surface area (Å²) in [5.41, 5.74) is -3.21. The van der Waals surface area contributed by atoms with Crippen molar-refractivity contribution in [1.29, 1.82) is 21.2 Å². The van der Waals surface area contributed by atoms with Crippen LogP contribution in [0.5, 0.6) is 0 Å². The Balaban J connectivity index is 2.63. The van der Waals surface area contributed by atoms with Gasteiger partial charge in [0.1, 0.15) is 0 Å². The highest BCUT2D eigenvalue weighted by atomic mass is 16.7. The Morgan fingerprint density at radius 1 is 1.25 bits per heavy atom. The van der Waals surface area contributed by atoms with Gasteiger partial charge in [0.15, 0.2) is 10.8 Å². The first-order valence-corrected chi connectivity index (χ1v) is 6.70. The third-order valence-corrected chi connectivity index (χ3v) is 4.53. The third kappa shape index (κ3) is 1.48. The topological polar surface area (TPSA) is 114 Å². The second-order valence-electron chi connectivity index (χ2n) is 5.26. The van der Waals surface area contributed by atoms with E-state index in [0.29, 0.717) is 0 Å². The molecule has 0 spiro atoms. The first kappa shape index (κ1) is 14.3. The molecule has 2 heterocycles. The predicted molar refractivity (Wildman–Crippen MR) is 67.9 cm³/mol. The molecule has 0 amide bonds. The molecule has 0 saturated carbocycles. The molecule has 3 atom stereocenters. The van der Waals surface area contributed by atoms with E-state index in [9.17, 15) is 15.8 Å². The molecular weight excluding hydrogens is 256 g/mol. The largest absolute Gasteiger partial charge is 0.450 e. The van der Waals surface area contributed by atoms with Crippen LogP contribution in [0, 0.1) is 56.2 Å². The number of nitrogens with zero attached hydrogens (tertiary/aromatic N) is 3. The Labute approximate surface area is 118 Å². The number of hydrogen-bond acceptors (Lipinski definition) is 6. The average Bonchev–Trinajstić information content (AvgIpc) is 2.75. The molecule has 2 rings (SSSR count). The fourth-order valence-electron chi connectivity index (χ4n) is 3.25. The minimum absolute atomic E-state index is 0.0284. The minimum atomic E-state index is -1.69. The number of hydrogen-bond donors (Lipinski definition) is 1. The van der Waals surface area contributed by atoms with Crippen LogP contribution in [0.3, 0.4) is 0 Å². The number of nitrogens with one attached hydrogen (secondary N) is 1.